The van der Waals surface area contributed by atoms with Crippen LogP contribution in [0, 0.1) is 12.7 Å². The maximum Gasteiger partial charge on any atom is 0.146 e. The fourth-order valence-corrected chi connectivity index (χ4v) is 2.77. The Morgan fingerprint density at radius 3 is 2.81 bits per heavy atom. The van der Waals surface area contributed by atoms with Gasteiger partial charge in [0.2, 0.25) is 0 Å². The number of aryl methyl sites for hydroxylation is 1. The second-order valence-electron chi connectivity index (χ2n) is 6.28. The van der Waals surface area contributed by atoms with Gasteiger partial charge in [-0.15, -0.1) is 0 Å². The zero-order chi connectivity index (χ0) is 15.0. The first-order chi connectivity index (χ1) is 9.94. The monoisotopic (exact) mass is 285 g/mol. The molecule has 0 aromatic heterocycles. The molecule has 1 heterocycles. The van der Waals surface area contributed by atoms with Crippen LogP contribution in [0.1, 0.15) is 30.5 Å². The van der Waals surface area contributed by atoms with Gasteiger partial charge in [-0.05, 0) is 44.0 Å². The van der Waals surface area contributed by atoms with Gasteiger partial charge >= 0.3 is 0 Å². The van der Waals surface area contributed by atoms with Crippen LogP contribution in [0.15, 0.2) is 36.4 Å². The summed E-state index contributed by atoms with van der Waals surface area (Å²) >= 11 is 0. The molecule has 2 aromatic rings. The molecule has 0 unspecified atom stereocenters. The number of benzene rings is 2. The molecule has 0 bridgehead atoms. The third kappa shape index (κ3) is 2.87. The molecular weight excluding hydrogens is 265 g/mol. The molecule has 1 aliphatic rings. The molecule has 21 heavy (non-hydrogen) atoms. The van der Waals surface area contributed by atoms with Crippen molar-refractivity contribution in [1.29, 1.82) is 0 Å². The highest BCUT2D eigenvalue weighted by Gasteiger charge is 2.31. The number of hydrogen-bond donors (Lipinski definition) is 1. The van der Waals surface area contributed by atoms with Crippen molar-refractivity contribution < 1.29 is 9.13 Å². The molecular formula is C18H20FNO. The van der Waals surface area contributed by atoms with E-state index in [0.717, 1.165) is 23.3 Å². The van der Waals surface area contributed by atoms with Gasteiger partial charge in [-0.25, -0.2) is 4.39 Å². The van der Waals surface area contributed by atoms with E-state index in [1.807, 2.05) is 25.1 Å². The van der Waals surface area contributed by atoms with Crippen molar-refractivity contribution in [2.75, 3.05) is 5.32 Å². The summed E-state index contributed by atoms with van der Waals surface area (Å²) in [4.78, 5) is 0. The highest BCUT2D eigenvalue weighted by atomic mass is 19.1. The third-order valence-electron chi connectivity index (χ3n) is 3.77. The first-order valence-corrected chi connectivity index (χ1v) is 7.24. The fraction of sp³-hybridized carbons (Fsp3) is 0.333. The van der Waals surface area contributed by atoms with Crippen molar-refractivity contribution in [1.82, 2.24) is 0 Å². The van der Waals surface area contributed by atoms with Crippen molar-refractivity contribution in [3.05, 3.63) is 58.9 Å². The molecule has 0 saturated heterocycles. The van der Waals surface area contributed by atoms with Crippen molar-refractivity contribution in [3.63, 3.8) is 0 Å². The van der Waals surface area contributed by atoms with Crippen LogP contribution >= 0.6 is 0 Å². The normalized spacial score (nSPS) is 15.4. The Hall–Kier alpha value is -2.03. The number of nitrogens with one attached hydrogen (secondary N) is 1. The van der Waals surface area contributed by atoms with Gasteiger partial charge < -0.3 is 10.1 Å². The Morgan fingerprint density at radius 2 is 2.05 bits per heavy atom. The molecule has 0 aliphatic carbocycles. The topological polar surface area (TPSA) is 21.3 Å². The van der Waals surface area contributed by atoms with Crippen LogP contribution in [0.3, 0.4) is 0 Å². The van der Waals surface area contributed by atoms with E-state index in [1.165, 1.54) is 11.6 Å². The van der Waals surface area contributed by atoms with E-state index in [0.29, 0.717) is 12.2 Å². The summed E-state index contributed by atoms with van der Waals surface area (Å²) in [5, 5.41) is 3.16. The first-order valence-electron chi connectivity index (χ1n) is 7.24. The maximum atomic E-state index is 13.9. The van der Waals surface area contributed by atoms with Gasteiger partial charge in [0, 0.05) is 18.5 Å². The Morgan fingerprint density at radius 1 is 1.24 bits per heavy atom. The summed E-state index contributed by atoms with van der Waals surface area (Å²) in [7, 11) is 0. The van der Waals surface area contributed by atoms with E-state index in [-0.39, 0.29) is 11.4 Å². The number of halogens is 1. The van der Waals surface area contributed by atoms with Gasteiger partial charge in [0.15, 0.2) is 0 Å². The molecule has 2 aromatic carbocycles. The lowest BCUT2D eigenvalue weighted by Crippen LogP contribution is -2.25. The van der Waals surface area contributed by atoms with Gasteiger partial charge in [-0.1, -0.05) is 24.3 Å². The molecule has 0 atom stereocenters. The van der Waals surface area contributed by atoms with Crippen LogP contribution in [0.4, 0.5) is 10.1 Å². The minimum Gasteiger partial charge on any atom is -0.487 e. The Kier molecular flexibility index (Phi) is 3.36. The predicted molar refractivity (Wildman–Crippen MR) is 83.3 cm³/mol. The molecule has 3 heteroatoms. The molecule has 0 radical (unpaired) electrons. The standard InChI is InChI=1S/C18H20FNO/c1-12-7-8-16(15(19)9-12)20-11-14-6-4-5-13-10-18(2,3)21-17(13)14/h4-9,20H,10-11H2,1-3H3. The zero-order valence-electron chi connectivity index (χ0n) is 12.7. The summed E-state index contributed by atoms with van der Waals surface area (Å²) in [6.45, 7) is 6.61. The second kappa shape index (κ2) is 5.06. The van der Waals surface area contributed by atoms with E-state index in [2.05, 4.69) is 25.2 Å². The number of fused-ring (bicyclic) bond motifs is 1. The minimum atomic E-state index is -0.219. The van der Waals surface area contributed by atoms with Gasteiger partial charge in [-0.2, -0.15) is 0 Å². The number of ether oxygens (including phenoxy) is 1. The average molecular weight is 285 g/mol. The first kappa shape index (κ1) is 13.9. The summed E-state index contributed by atoms with van der Waals surface area (Å²) < 4.78 is 19.9. The summed E-state index contributed by atoms with van der Waals surface area (Å²) in [5.74, 6) is 0.728. The largest absolute Gasteiger partial charge is 0.487 e. The summed E-state index contributed by atoms with van der Waals surface area (Å²) in [5.41, 5.74) is 3.58. The van der Waals surface area contributed by atoms with Crippen LogP contribution < -0.4 is 10.1 Å². The van der Waals surface area contributed by atoms with Crippen molar-refractivity contribution in [2.45, 2.75) is 39.3 Å². The van der Waals surface area contributed by atoms with E-state index in [4.69, 9.17) is 4.74 Å². The van der Waals surface area contributed by atoms with Crippen molar-refractivity contribution in [3.8, 4) is 5.75 Å². The Bertz CT molecular complexity index is 679. The van der Waals surface area contributed by atoms with Crippen LogP contribution in [0.5, 0.6) is 5.75 Å². The number of para-hydroxylation sites is 1. The average Bonchev–Trinajstić information content (AvgIpc) is 2.72. The number of anilines is 1. The number of hydrogen-bond acceptors (Lipinski definition) is 2. The van der Waals surface area contributed by atoms with Crippen LogP contribution in [0.2, 0.25) is 0 Å². The molecule has 0 amide bonds. The van der Waals surface area contributed by atoms with E-state index < -0.39 is 0 Å². The smallest absolute Gasteiger partial charge is 0.146 e. The SMILES string of the molecule is Cc1ccc(NCc2cccc3c2OC(C)(C)C3)c(F)c1. The maximum absolute atomic E-state index is 13.9. The lowest BCUT2D eigenvalue weighted by atomic mass is 10.0. The summed E-state index contributed by atoms with van der Waals surface area (Å²) in [6.07, 6.45) is 0.912. The van der Waals surface area contributed by atoms with Crippen LogP contribution in [0.25, 0.3) is 0 Å². The second-order valence-corrected chi connectivity index (χ2v) is 6.28. The molecule has 0 fully saturated rings. The highest BCUT2D eigenvalue weighted by Crippen LogP contribution is 2.37. The van der Waals surface area contributed by atoms with Gasteiger partial charge in [0.1, 0.15) is 17.2 Å². The summed E-state index contributed by atoms with van der Waals surface area (Å²) in [6, 6.07) is 11.4. The van der Waals surface area contributed by atoms with Crippen LogP contribution in [-0.2, 0) is 13.0 Å². The zero-order valence-corrected chi connectivity index (χ0v) is 12.7. The van der Waals surface area contributed by atoms with E-state index >= 15 is 0 Å². The Balaban J connectivity index is 1.80. The molecule has 3 rings (SSSR count). The van der Waals surface area contributed by atoms with Gasteiger partial charge in [-0.3, -0.25) is 0 Å². The van der Waals surface area contributed by atoms with Gasteiger partial charge in [0.05, 0.1) is 5.69 Å². The van der Waals surface area contributed by atoms with Gasteiger partial charge in [0.25, 0.3) is 0 Å². The molecule has 0 saturated carbocycles. The van der Waals surface area contributed by atoms with Crippen LogP contribution in [-0.4, -0.2) is 5.60 Å². The molecule has 0 spiro atoms. The quantitative estimate of drug-likeness (QED) is 0.899. The third-order valence-corrected chi connectivity index (χ3v) is 3.77. The lowest BCUT2D eigenvalue weighted by molar-refractivity contribution is 0.137. The van der Waals surface area contributed by atoms with E-state index in [9.17, 15) is 4.39 Å². The molecule has 1 N–H and O–H groups in total. The van der Waals surface area contributed by atoms with Crippen molar-refractivity contribution in [2.24, 2.45) is 0 Å². The minimum absolute atomic E-state index is 0.159. The molecule has 2 nitrogen and oxygen atoms in total. The highest BCUT2D eigenvalue weighted by molar-refractivity contribution is 5.50. The predicted octanol–water partition coefficient (Wildman–Crippen LogP) is 4.46. The Labute approximate surface area is 125 Å². The number of rotatable bonds is 3. The fourth-order valence-electron chi connectivity index (χ4n) is 2.77. The van der Waals surface area contributed by atoms with E-state index in [1.54, 1.807) is 6.07 Å². The lowest BCUT2D eigenvalue weighted by Gasteiger charge is -2.18. The molecule has 110 valence electrons. The van der Waals surface area contributed by atoms with Crippen molar-refractivity contribution >= 4 is 5.69 Å². The molecule has 1 aliphatic heterocycles.